The van der Waals surface area contributed by atoms with E-state index in [9.17, 15) is 18.0 Å². The van der Waals surface area contributed by atoms with Crippen LogP contribution < -0.4 is 0 Å². The van der Waals surface area contributed by atoms with Gasteiger partial charge in [0.1, 0.15) is 12.4 Å². The minimum Gasteiger partial charge on any atom is -0.460 e. The SMILES string of the molecule is C#Cc1c(F)c(C)c(COC(=O)[C@@H]2[C@H](C=C(Br)Br)C2(C)C)c(F)c1F. The van der Waals surface area contributed by atoms with Crippen LogP contribution in [0.15, 0.2) is 9.47 Å². The van der Waals surface area contributed by atoms with Crippen LogP contribution in [0.3, 0.4) is 0 Å². The van der Waals surface area contributed by atoms with Crippen molar-refractivity contribution in [3.05, 3.63) is 43.6 Å². The van der Waals surface area contributed by atoms with Crippen molar-refractivity contribution in [1.82, 2.24) is 0 Å². The summed E-state index contributed by atoms with van der Waals surface area (Å²) in [4.78, 5) is 12.3. The van der Waals surface area contributed by atoms with Crippen molar-refractivity contribution in [3.8, 4) is 12.3 Å². The van der Waals surface area contributed by atoms with Gasteiger partial charge in [0.2, 0.25) is 0 Å². The van der Waals surface area contributed by atoms with Crippen molar-refractivity contribution < 1.29 is 22.7 Å². The molecule has 0 spiro atoms. The molecule has 0 N–H and O–H groups in total. The number of rotatable bonds is 4. The van der Waals surface area contributed by atoms with Crippen molar-refractivity contribution in [3.63, 3.8) is 0 Å². The van der Waals surface area contributed by atoms with Gasteiger partial charge in [0.05, 0.1) is 14.9 Å². The van der Waals surface area contributed by atoms with Crippen LogP contribution in [0, 0.1) is 54.0 Å². The highest BCUT2D eigenvalue weighted by molar-refractivity contribution is 9.28. The molecule has 1 saturated carbocycles. The van der Waals surface area contributed by atoms with Gasteiger partial charge < -0.3 is 4.74 Å². The van der Waals surface area contributed by atoms with Gasteiger partial charge in [-0.2, -0.15) is 0 Å². The highest BCUT2D eigenvalue weighted by Gasteiger charge is 2.61. The Balaban J connectivity index is 2.20. The van der Waals surface area contributed by atoms with Gasteiger partial charge in [-0.3, -0.25) is 4.79 Å². The van der Waals surface area contributed by atoms with Gasteiger partial charge in [-0.1, -0.05) is 25.8 Å². The Morgan fingerprint density at radius 1 is 1.28 bits per heavy atom. The predicted molar refractivity (Wildman–Crippen MR) is 95.5 cm³/mol. The number of hydrogen-bond donors (Lipinski definition) is 0. The first-order valence-corrected chi connectivity index (χ1v) is 8.94. The molecule has 134 valence electrons. The van der Waals surface area contributed by atoms with Crippen LogP contribution >= 0.6 is 31.9 Å². The zero-order chi connectivity index (χ0) is 19.1. The second kappa shape index (κ2) is 7.16. The second-order valence-electron chi connectivity index (χ2n) is 6.45. The molecule has 1 aliphatic carbocycles. The third-order valence-electron chi connectivity index (χ3n) is 4.65. The average molecular weight is 480 g/mol. The highest BCUT2D eigenvalue weighted by Crippen LogP contribution is 2.60. The van der Waals surface area contributed by atoms with E-state index >= 15 is 0 Å². The zero-order valence-electron chi connectivity index (χ0n) is 13.7. The fraction of sp³-hybridized carbons (Fsp3) is 0.389. The smallest absolute Gasteiger partial charge is 0.310 e. The van der Waals surface area contributed by atoms with Gasteiger partial charge in [-0.05, 0) is 55.7 Å². The molecule has 1 aliphatic rings. The monoisotopic (exact) mass is 478 g/mol. The molecule has 7 heteroatoms. The number of carbonyl (C=O) groups is 1. The molecule has 2 nitrogen and oxygen atoms in total. The minimum atomic E-state index is -1.45. The number of allylic oxidation sites excluding steroid dienone is 1. The Morgan fingerprint density at radius 2 is 1.88 bits per heavy atom. The molecule has 25 heavy (non-hydrogen) atoms. The van der Waals surface area contributed by atoms with E-state index in [1.807, 2.05) is 19.9 Å². The third-order valence-corrected chi connectivity index (χ3v) is 5.18. The molecule has 0 heterocycles. The summed E-state index contributed by atoms with van der Waals surface area (Å²) in [5.74, 6) is -3.01. The molecule has 2 rings (SSSR count). The van der Waals surface area contributed by atoms with Crippen LogP contribution in [-0.4, -0.2) is 5.97 Å². The predicted octanol–water partition coefficient (Wildman–Crippen LogP) is 5.34. The molecule has 1 aromatic carbocycles. The number of terminal acetylenes is 1. The number of benzene rings is 1. The second-order valence-corrected chi connectivity index (χ2v) is 9.23. The lowest BCUT2D eigenvalue weighted by Crippen LogP contribution is -2.14. The molecule has 0 unspecified atom stereocenters. The number of hydrogen-bond acceptors (Lipinski definition) is 2. The van der Waals surface area contributed by atoms with Crippen LogP contribution in [-0.2, 0) is 16.1 Å². The Morgan fingerprint density at radius 3 is 2.40 bits per heavy atom. The maximum absolute atomic E-state index is 14.1. The van der Waals surface area contributed by atoms with Gasteiger partial charge in [-0.25, -0.2) is 13.2 Å². The summed E-state index contributed by atoms with van der Waals surface area (Å²) in [5, 5.41) is 0. The first-order valence-electron chi connectivity index (χ1n) is 7.36. The van der Waals surface area contributed by atoms with Crippen molar-refractivity contribution in [1.29, 1.82) is 0 Å². The minimum absolute atomic E-state index is 0.0583. The zero-order valence-corrected chi connectivity index (χ0v) is 16.9. The fourth-order valence-electron chi connectivity index (χ4n) is 2.93. The molecule has 1 fully saturated rings. The normalized spacial score (nSPS) is 20.6. The largest absolute Gasteiger partial charge is 0.460 e. The van der Waals surface area contributed by atoms with E-state index in [2.05, 4.69) is 31.9 Å². The summed E-state index contributed by atoms with van der Waals surface area (Å²) < 4.78 is 47.8. The van der Waals surface area contributed by atoms with E-state index in [1.54, 1.807) is 5.92 Å². The Hall–Kier alpha value is -1.26. The summed E-state index contributed by atoms with van der Waals surface area (Å²) in [6.07, 6.45) is 6.83. The molecule has 2 atom stereocenters. The lowest BCUT2D eigenvalue weighted by Gasteiger charge is -2.12. The molecule has 0 aliphatic heterocycles. The summed E-state index contributed by atoms with van der Waals surface area (Å²) >= 11 is 6.49. The van der Waals surface area contributed by atoms with Gasteiger partial charge >= 0.3 is 5.97 Å². The maximum atomic E-state index is 14.1. The van der Waals surface area contributed by atoms with Gasteiger partial charge in [-0.15, -0.1) is 6.42 Å². The van der Waals surface area contributed by atoms with Gasteiger partial charge in [0.25, 0.3) is 0 Å². The van der Waals surface area contributed by atoms with Crippen LogP contribution in [0.5, 0.6) is 0 Å². The van der Waals surface area contributed by atoms with Crippen LogP contribution in [0.4, 0.5) is 13.2 Å². The maximum Gasteiger partial charge on any atom is 0.310 e. The van der Waals surface area contributed by atoms with Crippen molar-refractivity contribution >= 4 is 37.8 Å². The van der Waals surface area contributed by atoms with Crippen molar-refractivity contribution in [2.24, 2.45) is 17.3 Å². The van der Waals surface area contributed by atoms with Crippen LogP contribution in [0.1, 0.15) is 30.5 Å². The number of carbonyl (C=O) groups excluding carboxylic acids is 1. The van der Waals surface area contributed by atoms with Gasteiger partial charge in [0.15, 0.2) is 11.6 Å². The van der Waals surface area contributed by atoms with Crippen molar-refractivity contribution in [2.75, 3.05) is 0 Å². The van der Waals surface area contributed by atoms with E-state index in [4.69, 9.17) is 11.2 Å². The first kappa shape index (κ1) is 20.1. The topological polar surface area (TPSA) is 26.3 Å². The highest BCUT2D eigenvalue weighted by atomic mass is 79.9. The van der Waals surface area contributed by atoms with E-state index in [-0.39, 0.29) is 22.5 Å². The fourth-order valence-corrected chi connectivity index (χ4v) is 3.50. The third kappa shape index (κ3) is 3.65. The molecular weight excluding hydrogens is 465 g/mol. The van der Waals surface area contributed by atoms with Crippen LogP contribution in [0.2, 0.25) is 0 Å². The lowest BCUT2D eigenvalue weighted by atomic mass is 10.0. The molecule has 0 bridgehead atoms. The number of esters is 1. The van der Waals surface area contributed by atoms with E-state index in [1.165, 1.54) is 6.92 Å². The van der Waals surface area contributed by atoms with Crippen molar-refractivity contribution in [2.45, 2.75) is 27.4 Å². The molecule has 1 aromatic rings. The Kier molecular flexibility index (Phi) is 5.75. The lowest BCUT2D eigenvalue weighted by molar-refractivity contribution is -0.147. The summed E-state index contributed by atoms with van der Waals surface area (Å²) in [7, 11) is 0. The standard InChI is InChI=1S/C18H15Br2F3O2/c1-5-9-14(21)8(2)10(16(23)15(9)22)7-25-17(24)13-11(6-12(19)20)18(13,3)4/h1,6,11,13H,7H2,2-4H3/t11-,13-/m0/s1. The Labute approximate surface area is 161 Å². The summed E-state index contributed by atoms with van der Waals surface area (Å²) in [6, 6.07) is 0. The number of halogens is 5. The Bertz CT molecular complexity index is 777. The molecule has 0 amide bonds. The quantitative estimate of drug-likeness (QED) is 0.331. The van der Waals surface area contributed by atoms with E-state index < -0.39 is 41.5 Å². The van der Waals surface area contributed by atoms with Crippen LogP contribution in [0.25, 0.3) is 0 Å². The molecule has 0 saturated heterocycles. The molecular formula is C18H15Br2F3O2. The molecule has 0 radical (unpaired) electrons. The summed E-state index contributed by atoms with van der Waals surface area (Å²) in [6.45, 7) is 4.50. The average Bonchev–Trinajstić information content (AvgIpc) is 3.05. The van der Waals surface area contributed by atoms with Gasteiger partial charge in [0, 0.05) is 5.56 Å². The molecule has 0 aromatic heterocycles. The first-order chi connectivity index (χ1) is 11.5. The number of ether oxygens (including phenoxy) is 1. The summed E-state index contributed by atoms with van der Waals surface area (Å²) in [5.41, 5.74) is -1.61. The van der Waals surface area contributed by atoms with E-state index in [0.29, 0.717) is 3.39 Å². The van der Waals surface area contributed by atoms with E-state index in [0.717, 1.165) is 0 Å².